The number of rotatable bonds is 2. The van der Waals surface area contributed by atoms with Gasteiger partial charge in [-0.2, -0.15) is 0 Å². The highest BCUT2D eigenvalue weighted by Crippen LogP contribution is 2.23. The maximum absolute atomic E-state index is 11.7. The fourth-order valence-corrected chi connectivity index (χ4v) is 1.72. The first-order valence-electron chi connectivity index (χ1n) is 4.46. The van der Waals surface area contributed by atoms with Crippen molar-refractivity contribution < 1.29 is 4.79 Å². The van der Waals surface area contributed by atoms with Gasteiger partial charge in [0.1, 0.15) is 0 Å². The average molecular weight is 160 g/mol. The van der Waals surface area contributed by atoms with Crippen molar-refractivity contribution in [2.45, 2.75) is 19.3 Å². The van der Waals surface area contributed by atoms with Crippen molar-refractivity contribution in [1.29, 1.82) is 0 Å². The van der Waals surface area contributed by atoms with Crippen LogP contribution in [0, 0.1) is 5.92 Å². The first kappa shape index (κ1) is 7.53. The topological polar surface area (TPSA) is 17.1 Å². The van der Waals surface area contributed by atoms with Crippen molar-refractivity contribution in [3.05, 3.63) is 36.0 Å². The molecule has 2 aliphatic rings. The molecule has 0 fully saturated rings. The Morgan fingerprint density at radius 3 is 2.67 bits per heavy atom. The first-order chi connectivity index (χ1) is 5.88. The highest BCUT2D eigenvalue weighted by molar-refractivity contribution is 6.00. The Bertz CT molecular complexity index is 269. The van der Waals surface area contributed by atoms with Gasteiger partial charge in [-0.15, -0.1) is 0 Å². The molecule has 0 saturated heterocycles. The Kier molecular flexibility index (Phi) is 1.94. The number of allylic oxidation sites excluding steroid dienone is 6. The molecule has 0 aromatic carbocycles. The van der Waals surface area contributed by atoms with E-state index in [2.05, 4.69) is 6.08 Å². The van der Waals surface area contributed by atoms with Gasteiger partial charge >= 0.3 is 0 Å². The molecule has 1 heteroatoms. The lowest BCUT2D eigenvalue weighted by Gasteiger charge is -2.04. The Balaban J connectivity index is 2.09. The molecule has 0 amide bonds. The average Bonchev–Trinajstić information content (AvgIpc) is 2.77. The van der Waals surface area contributed by atoms with E-state index in [9.17, 15) is 4.79 Å². The van der Waals surface area contributed by atoms with E-state index in [0.29, 0.717) is 5.78 Å². The molecular formula is C11H12O. The molecule has 0 unspecified atom stereocenters. The monoisotopic (exact) mass is 160 g/mol. The maximum Gasteiger partial charge on any atom is 0.169 e. The lowest BCUT2D eigenvalue weighted by Crippen LogP contribution is -2.09. The summed E-state index contributed by atoms with van der Waals surface area (Å²) in [4.78, 5) is 11.7. The fraction of sp³-hybridized carbons (Fsp3) is 0.364. The van der Waals surface area contributed by atoms with Gasteiger partial charge in [-0.25, -0.2) is 0 Å². The van der Waals surface area contributed by atoms with Gasteiger partial charge in [0.2, 0.25) is 0 Å². The normalized spacial score (nSPS) is 21.8. The van der Waals surface area contributed by atoms with Crippen molar-refractivity contribution in [3.63, 3.8) is 0 Å². The highest BCUT2D eigenvalue weighted by atomic mass is 16.1. The number of ketones is 1. The van der Waals surface area contributed by atoms with Gasteiger partial charge in [0.15, 0.2) is 5.78 Å². The van der Waals surface area contributed by atoms with E-state index in [1.54, 1.807) is 0 Å². The number of carbonyl (C=O) groups is 1. The minimum Gasteiger partial charge on any atom is -0.294 e. The van der Waals surface area contributed by atoms with E-state index in [1.165, 1.54) is 0 Å². The lowest BCUT2D eigenvalue weighted by molar-refractivity contribution is -0.116. The second kappa shape index (κ2) is 3.10. The van der Waals surface area contributed by atoms with Crippen LogP contribution in [0.4, 0.5) is 0 Å². The van der Waals surface area contributed by atoms with Crippen molar-refractivity contribution in [3.8, 4) is 0 Å². The van der Waals surface area contributed by atoms with Gasteiger partial charge in [0, 0.05) is 0 Å². The molecule has 2 aliphatic carbocycles. The van der Waals surface area contributed by atoms with Gasteiger partial charge in [0.25, 0.3) is 0 Å². The minimum absolute atomic E-state index is 0.0364. The number of carbonyl (C=O) groups excluding carboxylic acids is 1. The van der Waals surface area contributed by atoms with Crippen LogP contribution in [0.15, 0.2) is 36.0 Å². The van der Waals surface area contributed by atoms with Gasteiger partial charge < -0.3 is 0 Å². The van der Waals surface area contributed by atoms with Crippen LogP contribution in [-0.4, -0.2) is 5.78 Å². The van der Waals surface area contributed by atoms with Gasteiger partial charge in [-0.05, 0) is 24.8 Å². The second-order valence-electron chi connectivity index (χ2n) is 3.28. The van der Waals surface area contributed by atoms with Crippen LogP contribution < -0.4 is 0 Å². The molecule has 0 bridgehead atoms. The quantitative estimate of drug-likeness (QED) is 0.606. The van der Waals surface area contributed by atoms with Gasteiger partial charge in [-0.3, -0.25) is 4.79 Å². The lowest BCUT2D eigenvalue weighted by atomic mass is 9.99. The number of hydrogen-bond donors (Lipinski definition) is 0. The summed E-state index contributed by atoms with van der Waals surface area (Å²) >= 11 is 0. The van der Waals surface area contributed by atoms with Crippen molar-refractivity contribution in [2.24, 2.45) is 5.92 Å². The summed E-state index contributed by atoms with van der Waals surface area (Å²) in [5, 5.41) is 0. The van der Waals surface area contributed by atoms with Crippen molar-refractivity contribution in [1.82, 2.24) is 0 Å². The highest BCUT2D eigenvalue weighted by Gasteiger charge is 2.20. The van der Waals surface area contributed by atoms with E-state index >= 15 is 0 Å². The van der Waals surface area contributed by atoms with Crippen LogP contribution in [0.25, 0.3) is 0 Å². The third-order valence-corrected chi connectivity index (χ3v) is 2.41. The van der Waals surface area contributed by atoms with Gasteiger partial charge in [-0.1, -0.05) is 30.4 Å². The van der Waals surface area contributed by atoms with E-state index in [0.717, 1.165) is 24.8 Å². The SMILES string of the molecule is O=C(C1=CCCC1)C1C=CC=C1. The van der Waals surface area contributed by atoms with Crippen molar-refractivity contribution >= 4 is 5.78 Å². The predicted molar refractivity (Wildman–Crippen MR) is 48.7 cm³/mol. The second-order valence-corrected chi connectivity index (χ2v) is 3.28. The maximum atomic E-state index is 11.7. The fourth-order valence-electron chi connectivity index (χ4n) is 1.72. The van der Waals surface area contributed by atoms with Crippen LogP contribution in [0.1, 0.15) is 19.3 Å². The standard InChI is InChI=1S/C11H12O/c12-11(9-5-1-2-6-9)10-7-3-4-8-10/h1-2,5-7,9H,3-4,8H2. The van der Waals surface area contributed by atoms with Crippen molar-refractivity contribution in [2.75, 3.05) is 0 Å². The molecule has 62 valence electrons. The zero-order valence-corrected chi connectivity index (χ0v) is 6.99. The van der Waals surface area contributed by atoms with E-state index in [1.807, 2.05) is 24.3 Å². The van der Waals surface area contributed by atoms with Crippen LogP contribution >= 0.6 is 0 Å². The molecule has 0 spiro atoms. The Labute approximate surface area is 72.5 Å². The molecular weight excluding hydrogens is 148 g/mol. The first-order valence-corrected chi connectivity index (χ1v) is 4.46. The molecule has 0 aromatic rings. The summed E-state index contributed by atoms with van der Waals surface area (Å²) in [7, 11) is 0. The van der Waals surface area contributed by atoms with E-state index in [4.69, 9.17) is 0 Å². The van der Waals surface area contributed by atoms with Crippen LogP contribution in [0.5, 0.6) is 0 Å². The smallest absolute Gasteiger partial charge is 0.169 e. The third kappa shape index (κ3) is 1.27. The zero-order valence-electron chi connectivity index (χ0n) is 6.99. The molecule has 1 nitrogen and oxygen atoms in total. The van der Waals surface area contributed by atoms with Crippen LogP contribution in [0.2, 0.25) is 0 Å². The van der Waals surface area contributed by atoms with Gasteiger partial charge in [0.05, 0.1) is 5.92 Å². The van der Waals surface area contributed by atoms with Crippen LogP contribution in [0.3, 0.4) is 0 Å². The van der Waals surface area contributed by atoms with Crippen LogP contribution in [-0.2, 0) is 4.79 Å². The Morgan fingerprint density at radius 2 is 2.08 bits per heavy atom. The molecule has 12 heavy (non-hydrogen) atoms. The summed E-state index contributed by atoms with van der Waals surface area (Å²) < 4.78 is 0. The molecule has 0 atom stereocenters. The van der Waals surface area contributed by atoms with E-state index < -0.39 is 0 Å². The largest absolute Gasteiger partial charge is 0.294 e. The molecule has 0 aliphatic heterocycles. The summed E-state index contributed by atoms with van der Waals surface area (Å²) in [5.74, 6) is 0.340. The summed E-state index contributed by atoms with van der Waals surface area (Å²) in [6.45, 7) is 0. The molecule has 0 heterocycles. The predicted octanol–water partition coefficient (Wildman–Crippen LogP) is 2.41. The molecule has 2 rings (SSSR count). The summed E-state index contributed by atoms with van der Waals surface area (Å²) in [6, 6.07) is 0. The Morgan fingerprint density at radius 1 is 1.33 bits per heavy atom. The third-order valence-electron chi connectivity index (χ3n) is 2.41. The molecule has 0 saturated carbocycles. The summed E-state index contributed by atoms with van der Waals surface area (Å²) in [5.41, 5.74) is 1.04. The molecule has 0 radical (unpaired) electrons. The van der Waals surface area contributed by atoms with E-state index in [-0.39, 0.29) is 5.92 Å². The minimum atomic E-state index is 0.0364. The zero-order chi connectivity index (χ0) is 8.39. The number of Topliss-reactive ketones (excluding diaryl/α,β-unsaturated/α-hetero) is 1. The Hall–Kier alpha value is -1.11. The number of hydrogen-bond acceptors (Lipinski definition) is 1. The molecule has 0 N–H and O–H groups in total. The molecule has 0 aromatic heterocycles. The summed E-state index contributed by atoms with van der Waals surface area (Å²) in [6.07, 6.45) is 13.1.